The first-order valence-electron chi connectivity index (χ1n) is 11.7. The van der Waals surface area contributed by atoms with Gasteiger partial charge in [-0.05, 0) is 35.2 Å². The summed E-state index contributed by atoms with van der Waals surface area (Å²) in [5, 5.41) is 6.57. The van der Waals surface area contributed by atoms with Gasteiger partial charge >= 0.3 is 6.03 Å². The number of aromatic nitrogens is 2. The van der Waals surface area contributed by atoms with E-state index < -0.39 is 18.0 Å². The minimum atomic E-state index is -0.852. The lowest BCUT2D eigenvalue weighted by Crippen LogP contribution is -2.55. The van der Waals surface area contributed by atoms with E-state index in [1.807, 2.05) is 60.8 Å². The lowest BCUT2D eigenvalue weighted by molar-refractivity contribution is -0.122. The van der Waals surface area contributed by atoms with Crippen LogP contribution in [0.1, 0.15) is 16.7 Å². The van der Waals surface area contributed by atoms with Gasteiger partial charge in [0.15, 0.2) is 0 Å². The van der Waals surface area contributed by atoms with Crippen LogP contribution in [-0.2, 0) is 28.9 Å². The number of benzene rings is 2. The lowest BCUT2D eigenvalue weighted by atomic mass is 10.0. The molecule has 5 N–H and O–H groups in total. The summed E-state index contributed by atoms with van der Waals surface area (Å²) in [7, 11) is 0. The molecule has 0 aliphatic rings. The molecule has 0 bridgehead atoms. The van der Waals surface area contributed by atoms with E-state index in [4.69, 9.17) is 0 Å². The molecule has 9 nitrogen and oxygen atoms in total. The van der Waals surface area contributed by atoms with Crippen LogP contribution in [0.5, 0.6) is 0 Å². The summed E-state index contributed by atoms with van der Waals surface area (Å²) in [5.74, 6) is -0.716. The number of carbonyl (C=O) groups is 3. The van der Waals surface area contributed by atoms with Crippen molar-refractivity contribution in [2.24, 2.45) is 0 Å². The number of hydrogen-bond acceptors (Lipinski definition) is 4. The minimum absolute atomic E-state index is 0.0624. The van der Waals surface area contributed by atoms with Gasteiger partial charge in [0.25, 0.3) is 0 Å². The minimum Gasteiger partial charge on any atom is -0.361 e. The smallest absolute Gasteiger partial charge is 0.334 e. The van der Waals surface area contributed by atoms with Gasteiger partial charge in [0.1, 0.15) is 6.04 Å². The predicted octanol–water partition coefficient (Wildman–Crippen LogP) is 2.41. The van der Waals surface area contributed by atoms with E-state index in [-0.39, 0.29) is 18.7 Å². The maximum absolute atomic E-state index is 13.1. The molecule has 4 amide bonds. The zero-order valence-corrected chi connectivity index (χ0v) is 19.7. The third-order valence-corrected chi connectivity index (χ3v) is 5.68. The number of hydrogen-bond donors (Lipinski definition) is 5. The third-order valence-electron chi connectivity index (χ3n) is 5.68. The molecule has 0 spiro atoms. The van der Waals surface area contributed by atoms with Crippen LogP contribution in [0.15, 0.2) is 85.3 Å². The van der Waals surface area contributed by atoms with Crippen molar-refractivity contribution in [1.82, 2.24) is 31.5 Å². The van der Waals surface area contributed by atoms with Crippen LogP contribution in [0.4, 0.5) is 4.79 Å². The van der Waals surface area contributed by atoms with Gasteiger partial charge in [0.2, 0.25) is 11.8 Å². The number of fused-ring (bicyclic) bond motifs is 1. The van der Waals surface area contributed by atoms with E-state index in [0.717, 1.165) is 22.0 Å². The summed E-state index contributed by atoms with van der Waals surface area (Å²) in [5.41, 5.74) is 8.36. The van der Waals surface area contributed by atoms with Gasteiger partial charge in [-0.1, -0.05) is 54.6 Å². The van der Waals surface area contributed by atoms with Crippen LogP contribution in [0, 0.1) is 0 Å². The van der Waals surface area contributed by atoms with Crippen molar-refractivity contribution in [3.05, 3.63) is 102 Å². The molecule has 2 aromatic heterocycles. The largest absolute Gasteiger partial charge is 0.361 e. The Morgan fingerprint density at radius 1 is 0.889 bits per heavy atom. The first-order valence-corrected chi connectivity index (χ1v) is 11.7. The monoisotopic (exact) mass is 484 g/mol. The van der Waals surface area contributed by atoms with Crippen LogP contribution in [0.3, 0.4) is 0 Å². The van der Waals surface area contributed by atoms with Crippen molar-refractivity contribution >= 4 is 28.7 Å². The zero-order chi connectivity index (χ0) is 25.2. The van der Waals surface area contributed by atoms with E-state index >= 15 is 0 Å². The molecule has 0 fully saturated rings. The van der Waals surface area contributed by atoms with Crippen molar-refractivity contribution in [3.8, 4) is 0 Å². The Hall–Kier alpha value is -4.66. The second-order valence-electron chi connectivity index (χ2n) is 8.33. The van der Waals surface area contributed by atoms with Crippen LogP contribution in [0.2, 0.25) is 0 Å². The quantitative estimate of drug-likeness (QED) is 0.234. The Labute approximate surface area is 208 Å². The summed E-state index contributed by atoms with van der Waals surface area (Å²) in [6.07, 6.45) is 6.04. The van der Waals surface area contributed by atoms with E-state index in [1.165, 1.54) is 0 Å². The number of H-pyrrole nitrogens is 1. The number of nitrogens with zero attached hydrogens (tertiary/aromatic N) is 1. The van der Waals surface area contributed by atoms with Crippen molar-refractivity contribution in [2.75, 3.05) is 6.54 Å². The van der Waals surface area contributed by atoms with Gasteiger partial charge in [-0.3, -0.25) is 20.0 Å². The summed E-state index contributed by atoms with van der Waals surface area (Å²) in [6, 6.07) is 19.6. The first-order chi connectivity index (χ1) is 17.6. The number of rotatable bonds is 9. The number of aromatic amines is 1. The Bertz CT molecular complexity index is 1310. The van der Waals surface area contributed by atoms with Crippen molar-refractivity contribution in [1.29, 1.82) is 0 Å². The highest BCUT2D eigenvalue weighted by molar-refractivity contribution is 5.90. The average molecular weight is 485 g/mol. The fourth-order valence-corrected chi connectivity index (χ4v) is 3.88. The fraction of sp³-hybridized carbons (Fsp3) is 0.185. The van der Waals surface area contributed by atoms with Gasteiger partial charge in [0.05, 0.1) is 6.42 Å². The molecule has 1 atom stereocenters. The highest BCUT2D eigenvalue weighted by Gasteiger charge is 2.22. The van der Waals surface area contributed by atoms with Crippen molar-refractivity contribution in [3.63, 3.8) is 0 Å². The molecule has 184 valence electrons. The summed E-state index contributed by atoms with van der Waals surface area (Å²) >= 11 is 0. The third kappa shape index (κ3) is 6.92. The number of carbonyl (C=O) groups excluding carboxylic acids is 3. The molecule has 0 aliphatic heterocycles. The van der Waals surface area contributed by atoms with Crippen LogP contribution >= 0.6 is 0 Å². The molecule has 0 saturated carbocycles. The molecule has 36 heavy (non-hydrogen) atoms. The number of urea groups is 1. The zero-order valence-electron chi connectivity index (χ0n) is 19.7. The lowest BCUT2D eigenvalue weighted by Gasteiger charge is -2.19. The highest BCUT2D eigenvalue weighted by atomic mass is 16.2. The number of nitrogens with one attached hydrogen (secondary N) is 5. The normalized spacial score (nSPS) is 11.4. The topological polar surface area (TPSA) is 128 Å². The number of amides is 4. The maximum atomic E-state index is 13.1. The standard InChI is InChI=1S/C27H28N6O3/c34-25(15-20-9-6-13-28-17-20)32-33-27(36)31-24(16-21-18-30-23-11-5-4-10-22(21)23)26(35)29-14-12-19-7-2-1-3-8-19/h1-11,13,17-18,24,30H,12,14-16H2,(H,29,35)(H,32,34)(H2,31,33,36)/t24-/m1/s1. The van der Waals surface area contributed by atoms with Gasteiger partial charge in [0, 0.05) is 42.5 Å². The van der Waals surface area contributed by atoms with Gasteiger partial charge < -0.3 is 15.6 Å². The number of hydrazine groups is 1. The second-order valence-corrected chi connectivity index (χ2v) is 8.33. The van der Waals surface area contributed by atoms with Crippen LogP contribution in [-0.4, -0.2) is 40.4 Å². The van der Waals surface area contributed by atoms with E-state index in [2.05, 4.69) is 31.5 Å². The molecular weight excluding hydrogens is 456 g/mol. The molecule has 4 aromatic rings. The van der Waals surface area contributed by atoms with Crippen molar-refractivity contribution < 1.29 is 14.4 Å². The molecule has 0 unspecified atom stereocenters. The highest BCUT2D eigenvalue weighted by Crippen LogP contribution is 2.19. The fourth-order valence-electron chi connectivity index (χ4n) is 3.88. The van der Waals surface area contributed by atoms with Gasteiger partial charge in [-0.25, -0.2) is 10.2 Å². The van der Waals surface area contributed by atoms with Crippen LogP contribution in [0.25, 0.3) is 10.9 Å². The SMILES string of the molecule is O=C(Cc1cccnc1)NNC(=O)N[C@H](Cc1c[nH]c2ccccc12)C(=O)NCCc1ccccc1. The van der Waals surface area contributed by atoms with Gasteiger partial charge in [-0.15, -0.1) is 0 Å². The Morgan fingerprint density at radius 2 is 1.67 bits per heavy atom. The van der Waals surface area contributed by atoms with E-state index in [1.54, 1.807) is 24.5 Å². The second kappa shape index (κ2) is 12.2. The Morgan fingerprint density at radius 3 is 2.47 bits per heavy atom. The summed E-state index contributed by atoms with van der Waals surface area (Å²) < 4.78 is 0. The predicted molar refractivity (Wildman–Crippen MR) is 137 cm³/mol. The van der Waals surface area contributed by atoms with Crippen molar-refractivity contribution in [2.45, 2.75) is 25.3 Å². The summed E-state index contributed by atoms with van der Waals surface area (Å²) in [4.78, 5) is 44.9. The van der Waals surface area contributed by atoms with Crippen LogP contribution < -0.4 is 21.5 Å². The summed E-state index contributed by atoms with van der Waals surface area (Å²) in [6.45, 7) is 0.429. The van der Waals surface area contributed by atoms with E-state index in [0.29, 0.717) is 18.5 Å². The maximum Gasteiger partial charge on any atom is 0.334 e. The molecule has 0 aliphatic carbocycles. The molecule has 0 saturated heterocycles. The number of pyridine rings is 1. The van der Waals surface area contributed by atoms with Gasteiger partial charge in [-0.2, -0.15) is 0 Å². The molecule has 9 heteroatoms. The number of para-hydroxylation sites is 1. The Balaban J connectivity index is 1.36. The Kier molecular flexibility index (Phi) is 8.27. The molecule has 2 heterocycles. The molecular formula is C27H28N6O3. The molecule has 0 radical (unpaired) electrons. The van der Waals surface area contributed by atoms with E-state index in [9.17, 15) is 14.4 Å². The molecule has 4 rings (SSSR count). The average Bonchev–Trinajstić information content (AvgIpc) is 3.31. The first kappa shape index (κ1) is 24.5. The molecule has 2 aromatic carbocycles.